The quantitative estimate of drug-likeness (QED) is 0.264. The van der Waals surface area contributed by atoms with E-state index in [4.69, 9.17) is 4.74 Å². The number of anilines is 3. The van der Waals surface area contributed by atoms with E-state index >= 15 is 0 Å². The Balaban J connectivity index is 1.26. The Kier molecular flexibility index (Phi) is 6.82. The number of aromatic amines is 1. The first-order valence-electron chi connectivity index (χ1n) is 12.2. The minimum atomic E-state index is -0.0868. The molecule has 3 N–H and O–H groups in total. The van der Waals surface area contributed by atoms with Crippen LogP contribution in [0, 0.1) is 0 Å². The highest BCUT2D eigenvalue weighted by atomic mass is 32.2. The van der Waals surface area contributed by atoms with Crippen LogP contribution in [-0.4, -0.2) is 43.3 Å². The van der Waals surface area contributed by atoms with Crippen molar-refractivity contribution in [1.29, 1.82) is 0 Å². The van der Waals surface area contributed by atoms with Crippen LogP contribution in [0.3, 0.4) is 0 Å². The van der Waals surface area contributed by atoms with Crippen molar-refractivity contribution in [2.45, 2.75) is 26.1 Å². The van der Waals surface area contributed by atoms with Gasteiger partial charge in [-0.05, 0) is 36.4 Å². The van der Waals surface area contributed by atoms with Crippen molar-refractivity contribution in [2.75, 3.05) is 48.9 Å². The number of fused-ring (bicyclic) bond motifs is 2. The summed E-state index contributed by atoms with van der Waals surface area (Å²) in [5.41, 5.74) is 4.94. The molecule has 0 spiro atoms. The standard InChI is InChI=1S/C28H27N5O2S2/c1-29-28-18(4-3-9-30-28)17-31-19-7-8-23-25(14-19)36-24-6-2-5-21(27(24)37-23)22-15-20(16-26(34)32-22)33-10-12-35-13-11-33/h2-9,14-16,31H,10-13,17H2,1H3,(H,29,30)(H,32,34). The van der Waals surface area contributed by atoms with Crippen molar-refractivity contribution >= 4 is 40.7 Å². The lowest BCUT2D eigenvalue weighted by Gasteiger charge is -2.29. The second-order valence-electron chi connectivity index (χ2n) is 8.83. The molecule has 0 bridgehead atoms. The van der Waals surface area contributed by atoms with Crippen molar-refractivity contribution in [3.8, 4) is 11.3 Å². The molecule has 1 saturated heterocycles. The van der Waals surface area contributed by atoms with Gasteiger partial charge in [-0.2, -0.15) is 0 Å². The minimum Gasteiger partial charge on any atom is -0.381 e. The van der Waals surface area contributed by atoms with E-state index in [1.54, 1.807) is 35.8 Å². The molecule has 0 amide bonds. The number of nitrogens with one attached hydrogen (secondary N) is 3. The van der Waals surface area contributed by atoms with Gasteiger partial charge in [0.1, 0.15) is 5.82 Å². The lowest BCUT2D eigenvalue weighted by molar-refractivity contribution is 0.122. The van der Waals surface area contributed by atoms with E-state index in [-0.39, 0.29) is 5.56 Å². The maximum absolute atomic E-state index is 12.6. The highest BCUT2D eigenvalue weighted by Gasteiger charge is 2.22. The van der Waals surface area contributed by atoms with Gasteiger partial charge >= 0.3 is 0 Å². The number of morpholine rings is 1. The molecule has 2 aliphatic heterocycles. The maximum Gasteiger partial charge on any atom is 0.250 e. The first-order valence-corrected chi connectivity index (χ1v) is 13.9. The molecule has 0 radical (unpaired) electrons. The van der Waals surface area contributed by atoms with Crippen LogP contribution in [0.15, 0.2) is 91.2 Å². The zero-order valence-corrected chi connectivity index (χ0v) is 22.0. The highest BCUT2D eigenvalue weighted by Crippen LogP contribution is 2.52. The fourth-order valence-corrected chi connectivity index (χ4v) is 7.02. The van der Waals surface area contributed by atoms with Crippen LogP contribution in [0.5, 0.6) is 0 Å². The van der Waals surface area contributed by atoms with E-state index in [0.717, 1.165) is 47.1 Å². The molecule has 0 aliphatic carbocycles. The van der Waals surface area contributed by atoms with Gasteiger partial charge in [-0.3, -0.25) is 4.79 Å². The van der Waals surface area contributed by atoms with Crippen LogP contribution in [0.4, 0.5) is 17.2 Å². The molecule has 0 saturated carbocycles. The number of aromatic nitrogens is 2. The summed E-state index contributed by atoms with van der Waals surface area (Å²) in [5.74, 6) is 0.884. The van der Waals surface area contributed by atoms with Gasteiger partial charge in [0.15, 0.2) is 0 Å². The zero-order valence-electron chi connectivity index (χ0n) is 20.4. The molecule has 4 aromatic rings. The second kappa shape index (κ2) is 10.5. The van der Waals surface area contributed by atoms with Gasteiger partial charge in [-0.25, -0.2) is 4.98 Å². The summed E-state index contributed by atoms with van der Waals surface area (Å²) in [5, 5.41) is 6.68. The number of rotatable bonds is 6. The van der Waals surface area contributed by atoms with E-state index < -0.39 is 0 Å². The Hall–Kier alpha value is -3.40. The van der Waals surface area contributed by atoms with Crippen LogP contribution < -0.4 is 21.1 Å². The summed E-state index contributed by atoms with van der Waals surface area (Å²) in [7, 11) is 1.89. The summed E-state index contributed by atoms with van der Waals surface area (Å²) in [6, 6.07) is 20.6. The molecule has 2 aliphatic rings. The molecule has 4 heterocycles. The molecule has 1 fully saturated rings. The summed E-state index contributed by atoms with van der Waals surface area (Å²) < 4.78 is 5.49. The molecular formula is C28H27N5O2S2. The third kappa shape index (κ3) is 5.07. The Labute approximate surface area is 224 Å². The van der Waals surface area contributed by atoms with Gasteiger partial charge in [0.25, 0.3) is 0 Å². The molecule has 2 aromatic carbocycles. The van der Waals surface area contributed by atoms with E-state index in [1.807, 2.05) is 13.1 Å². The number of ether oxygens (including phenoxy) is 1. The van der Waals surface area contributed by atoms with Crippen LogP contribution in [0.2, 0.25) is 0 Å². The molecule has 6 rings (SSSR count). The minimum absolute atomic E-state index is 0.0868. The number of hydrogen-bond acceptors (Lipinski definition) is 8. The van der Waals surface area contributed by atoms with E-state index in [2.05, 4.69) is 74.0 Å². The summed E-state index contributed by atoms with van der Waals surface area (Å²) in [6.07, 6.45) is 1.79. The van der Waals surface area contributed by atoms with Crippen molar-refractivity contribution in [1.82, 2.24) is 9.97 Å². The van der Waals surface area contributed by atoms with Crippen molar-refractivity contribution in [3.05, 3.63) is 82.8 Å². The number of benzene rings is 2. The Morgan fingerprint density at radius 2 is 1.89 bits per heavy atom. The lowest BCUT2D eigenvalue weighted by atomic mass is 10.1. The first-order chi connectivity index (χ1) is 18.2. The normalized spacial score (nSPS) is 14.6. The van der Waals surface area contributed by atoms with Crippen molar-refractivity contribution in [2.24, 2.45) is 0 Å². The average Bonchev–Trinajstić information content (AvgIpc) is 2.95. The Bertz CT molecular complexity index is 1500. The number of pyridine rings is 2. The number of H-pyrrole nitrogens is 1. The SMILES string of the molecule is CNc1ncccc1CNc1ccc2c(c1)Sc1cccc(-c3cc(N4CCOCC4)cc(=O)[nH]3)c1S2. The topological polar surface area (TPSA) is 82.3 Å². The molecule has 0 atom stereocenters. The lowest BCUT2D eigenvalue weighted by Crippen LogP contribution is -2.36. The number of nitrogens with zero attached hydrogens (tertiary/aromatic N) is 2. The Morgan fingerprint density at radius 3 is 2.76 bits per heavy atom. The zero-order chi connectivity index (χ0) is 25.2. The fraction of sp³-hybridized carbons (Fsp3) is 0.214. The van der Waals surface area contributed by atoms with Crippen LogP contribution >= 0.6 is 23.5 Å². The molecule has 7 nitrogen and oxygen atoms in total. The third-order valence-corrected chi connectivity index (χ3v) is 9.06. The van der Waals surface area contributed by atoms with Gasteiger partial charge in [0.2, 0.25) is 5.56 Å². The van der Waals surface area contributed by atoms with Gasteiger partial charge in [-0.15, -0.1) is 0 Å². The van der Waals surface area contributed by atoms with Crippen molar-refractivity contribution < 1.29 is 4.74 Å². The highest BCUT2D eigenvalue weighted by molar-refractivity contribution is 8.05. The van der Waals surface area contributed by atoms with Crippen LogP contribution in [0.25, 0.3) is 11.3 Å². The molecule has 37 heavy (non-hydrogen) atoms. The van der Waals surface area contributed by atoms with E-state index in [9.17, 15) is 4.79 Å². The van der Waals surface area contributed by atoms with Gasteiger partial charge in [0.05, 0.1) is 18.9 Å². The molecule has 0 unspecified atom stereocenters. The van der Waals surface area contributed by atoms with Gasteiger partial charge in [0, 0.05) is 81.0 Å². The largest absolute Gasteiger partial charge is 0.381 e. The number of hydrogen-bond donors (Lipinski definition) is 3. The van der Waals surface area contributed by atoms with Crippen LogP contribution in [0.1, 0.15) is 5.56 Å². The summed E-state index contributed by atoms with van der Waals surface area (Å²) in [4.78, 5) is 27.1. The van der Waals surface area contributed by atoms with E-state index in [1.165, 1.54) is 19.6 Å². The predicted molar refractivity (Wildman–Crippen MR) is 151 cm³/mol. The van der Waals surface area contributed by atoms with E-state index in [0.29, 0.717) is 19.8 Å². The third-order valence-electron chi connectivity index (χ3n) is 6.46. The van der Waals surface area contributed by atoms with Gasteiger partial charge < -0.3 is 25.3 Å². The fourth-order valence-electron chi connectivity index (χ4n) is 4.61. The summed E-state index contributed by atoms with van der Waals surface area (Å²) in [6.45, 7) is 3.64. The van der Waals surface area contributed by atoms with Crippen molar-refractivity contribution in [3.63, 3.8) is 0 Å². The van der Waals surface area contributed by atoms with Crippen LogP contribution in [-0.2, 0) is 11.3 Å². The van der Waals surface area contributed by atoms with Gasteiger partial charge in [-0.1, -0.05) is 41.7 Å². The predicted octanol–water partition coefficient (Wildman–Crippen LogP) is 5.54. The molecular weight excluding hydrogens is 502 g/mol. The first kappa shape index (κ1) is 24.0. The Morgan fingerprint density at radius 1 is 1.00 bits per heavy atom. The summed E-state index contributed by atoms with van der Waals surface area (Å²) >= 11 is 3.52. The molecule has 9 heteroatoms. The molecule has 188 valence electrons. The monoisotopic (exact) mass is 529 g/mol. The average molecular weight is 530 g/mol. The maximum atomic E-state index is 12.6. The second-order valence-corrected chi connectivity index (χ2v) is 11.0. The molecule has 2 aromatic heterocycles. The smallest absolute Gasteiger partial charge is 0.250 e.